The molecule has 2 atom stereocenters. The van der Waals surface area contributed by atoms with Crippen molar-refractivity contribution in [3.05, 3.63) is 53.1 Å². The third-order valence-corrected chi connectivity index (χ3v) is 5.27. The molecule has 166 valence electrons. The number of hydrogen-bond donors (Lipinski definition) is 1. The molecule has 2 aromatic rings. The number of carboxylic acid groups (broad SMARTS) is 1. The van der Waals surface area contributed by atoms with Crippen LogP contribution < -0.4 is 14.4 Å². The van der Waals surface area contributed by atoms with E-state index in [9.17, 15) is 20.0 Å². The molecule has 0 bridgehead atoms. The van der Waals surface area contributed by atoms with Crippen molar-refractivity contribution >= 4 is 17.6 Å². The van der Waals surface area contributed by atoms with Crippen molar-refractivity contribution in [1.29, 1.82) is 5.26 Å². The predicted octanol–water partition coefficient (Wildman–Crippen LogP) is 3.63. The summed E-state index contributed by atoms with van der Waals surface area (Å²) in [6.07, 6.45) is -2.52. The Kier molecular flexibility index (Phi) is 5.53. The highest BCUT2D eigenvalue weighted by atomic mass is 16.7. The molecule has 32 heavy (non-hydrogen) atoms. The fraction of sp³-hybridized carbons (Fsp3) is 0.375. The summed E-state index contributed by atoms with van der Waals surface area (Å²) in [7, 11) is 0. The highest BCUT2D eigenvalue weighted by molar-refractivity contribution is 6.00. The van der Waals surface area contributed by atoms with Gasteiger partial charge in [0.05, 0.1) is 18.1 Å². The lowest BCUT2D eigenvalue weighted by Gasteiger charge is -2.31. The standard InChI is InChI=1S/C24H24N2O6/c1-24(2,3)12-26-17-8-7-14(11-25)9-16(17)21(32-19(23(26)29)10-20(27)28)15-5-4-6-18-22(15)31-13-30-18/h4-9,19,21H,10,12-13H2,1-3H3,(H,27,28). The smallest absolute Gasteiger partial charge is 0.306 e. The van der Waals surface area contributed by atoms with Gasteiger partial charge < -0.3 is 24.2 Å². The number of nitrogens with zero attached hydrogens (tertiary/aromatic N) is 2. The number of anilines is 1. The Bertz CT molecular complexity index is 1110. The average molecular weight is 436 g/mol. The largest absolute Gasteiger partial charge is 0.481 e. The van der Waals surface area contributed by atoms with Gasteiger partial charge in [-0.3, -0.25) is 9.59 Å². The second kappa shape index (κ2) is 8.17. The molecule has 8 nitrogen and oxygen atoms in total. The molecule has 0 radical (unpaired) electrons. The lowest BCUT2D eigenvalue weighted by Crippen LogP contribution is -2.44. The number of para-hydroxylation sites is 1. The normalized spacial score (nSPS) is 19.8. The number of benzene rings is 2. The van der Waals surface area contributed by atoms with Crippen LogP contribution in [0.3, 0.4) is 0 Å². The van der Waals surface area contributed by atoms with E-state index in [1.165, 1.54) is 0 Å². The summed E-state index contributed by atoms with van der Waals surface area (Å²) in [5, 5.41) is 19.0. The van der Waals surface area contributed by atoms with E-state index in [4.69, 9.17) is 14.2 Å². The number of hydrogen-bond acceptors (Lipinski definition) is 6. The van der Waals surface area contributed by atoms with Crippen molar-refractivity contribution in [2.24, 2.45) is 5.41 Å². The lowest BCUT2D eigenvalue weighted by molar-refractivity contribution is -0.147. The minimum atomic E-state index is -1.21. The first-order chi connectivity index (χ1) is 15.2. The van der Waals surface area contributed by atoms with Crippen LogP contribution in [0.4, 0.5) is 5.69 Å². The first-order valence-electron chi connectivity index (χ1n) is 10.3. The summed E-state index contributed by atoms with van der Waals surface area (Å²) in [6, 6.07) is 12.5. The van der Waals surface area contributed by atoms with Gasteiger partial charge in [0.2, 0.25) is 6.79 Å². The van der Waals surface area contributed by atoms with Crippen LogP contribution in [-0.2, 0) is 14.3 Å². The van der Waals surface area contributed by atoms with Crippen LogP contribution in [0, 0.1) is 16.7 Å². The van der Waals surface area contributed by atoms with Gasteiger partial charge >= 0.3 is 5.97 Å². The Morgan fingerprint density at radius 2 is 2.00 bits per heavy atom. The Morgan fingerprint density at radius 1 is 1.22 bits per heavy atom. The minimum Gasteiger partial charge on any atom is -0.481 e. The van der Waals surface area contributed by atoms with Crippen LogP contribution in [0.25, 0.3) is 0 Å². The molecule has 0 fully saturated rings. The number of carbonyl (C=O) groups excluding carboxylic acids is 1. The number of amides is 1. The fourth-order valence-corrected chi connectivity index (χ4v) is 4.00. The zero-order chi connectivity index (χ0) is 23.0. The molecule has 0 spiro atoms. The van der Waals surface area contributed by atoms with E-state index in [0.717, 1.165) is 0 Å². The predicted molar refractivity (Wildman–Crippen MR) is 114 cm³/mol. The van der Waals surface area contributed by atoms with Gasteiger partial charge in [0.15, 0.2) is 11.5 Å². The topological polar surface area (TPSA) is 109 Å². The second-order valence-electron chi connectivity index (χ2n) is 9.05. The molecule has 1 N–H and O–H groups in total. The molecule has 2 aromatic carbocycles. The van der Waals surface area contributed by atoms with Gasteiger partial charge in [-0.25, -0.2) is 0 Å². The summed E-state index contributed by atoms with van der Waals surface area (Å²) in [6.45, 7) is 6.39. The van der Waals surface area contributed by atoms with E-state index in [1.807, 2.05) is 20.8 Å². The molecular weight excluding hydrogens is 412 g/mol. The number of ether oxygens (including phenoxy) is 3. The third-order valence-electron chi connectivity index (χ3n) is 5.27. The number of carbonyl (C=O) groups is 2. The number of aliphatic carboxylic acids is 1. The van der Waals surface area contributed by atoms with Gasteiger partial charge in [0, 0.05) is 23.4 Å². The molecule has 0 saturated carbocycles. The highest BCUT2D eigenvalue weighted by Gasteiger charge is 2.40. The van der Waals surface area contributed by atoms with E-state index >= 15 is 0 Å². The van der Waals surface area contributed by atoms with Crippen molar-refractivity contribution in [3.63, 3.8) is 0 Å². The Labute approximate surface area is 185 Å². The zero-order valence-electron chi connectivity index (χ0n) is 18.1. The van der Waals surface area contributed by atoms with Crippen molar-refractivity contribution in [3.8, 4) is 17.6 Å². The van der Waals surface area contributed by atoms with Crippen LogP contribution >= 0.6 is 0 Å². The molecule has 8 heteroatoms. The van der Waals surface area contributed by atoms with Gasteiger partial charge in [-0.05, 0) is 29.7 Å². The fourth-order valence-electron chi connectivity index (χ4n) is 4.00. The molecule has 1 amide bonds. The van der Waals surface area contributed by atoms with E-state index < -0.39 is 30.5 Å². The van der Waals surface area contributed by atoms with E-state index in [1.54, 1.807) is 41.3 Å². The number of rotatable bonds is 4. The maximum absolute atomic E-state index is 13.5. The van der Waals surface area contributed by atoms with Crippen LogP contribution in [0.1, 0.15) is 50.0 Å². The Morgan fingerprint density at radius 3 is 2.69 bits per heavy atom. The van der Waals surface area contributed by atoms with Crippen molar-refractivity contribution < 1.29 is 28.9 Å². The van der Waals surface area contributed by atoms with E-state index in [0.29, 0.717) is 40.4 Å². The van der Waals surface area contributed by atoms with E-state index in [2.05, 4.69) is 6.07 Å². The third kappa shape index (κ3) is 4.12. The molecule has 4 rings (SSSR count). The Balaban J connectivity index is 1.93. The maximum atomic E-state index is 13.5. The molecule has 2 aliphatic rings. The number of carboxylic acids is 1. The van der Waals surface area contributed by atoms with E-state index in [-0.39, 0.29) is 12.2 Å². The van der Waals surface area contributed by atoms with Crippen molar-refractivity contribution in [2.45, 2.75) is 39.4 Å². The van der Waals surface area contributed by atoms with Crippen LogP contribution in [0.15, 0.2) is 36.4 Å². The minimum absolute atomic E-state index is 0.0534. The molecular formula is C24H24N2O6. The van der Waals surface area contributed by atoms with Crippen LogP contribution in [-0.4, -0.2) is 36.4 Å². The first kappa shape index (κ1) is 21.7. The zero-order valence-corrected chi connectivity index (χ0v) is 18.1. The van der Waals surface area contributed by atoms with Gasteiger partial charge in [0.25, 0.3) is 5.91 Å². The van der Waals surface area contributed by atoms with Crippen molar-refractivity contribution in [1.82, 2.24) is 0 Å². The Hall–Kier alpha value is -3.57. The molecule has 2 heterocycles. The molecule has 0 aliphatic carbocycles. The SMILES string of the molecule is CC(C)(C)CN1C(=O)C(CC(=O)O)OC(c2cccc3c2OCO3)c2cc(C#N)ccc21. The molecule has 0 aromatic heterocycles. The highest BCUT2D eigenvalue weighted by Crippen LogP contribution is 2.46. The number of nitriles is 1. The maximum Gasteiger partial charge on any atom is 0.306 e. The van der Waals surface area contributed by atoms with Gasteiger partial charge in [0.1, 0.15) is 12.2 Å². The van der Waals surface area contributed by atoms with Gasteiger partial charge in [-0.15, -0.1) is 0 Å². The molecule has 2 aliphatic heterocycles. The number of fused-ring (bicyclic) bond motifs is 2. The molecule has 0 saturated heterocycles. The van der Waals surface area contributed by atoms with Crippen molar-refractivity contribution in [2.75, 3.05) is 18.2 Å². The quantitative estimate of drug-likeness (QED) is 0.779. The van der Waals surface area contributed by atoms with Crippen LogP contribution in [0.5, 0.6) is 11.5 Å². The summed E-state index contributed by atoms with van der Waals surface area (Å²) in [4.78, 5) is 26.7. The summed E-state index contributed by atoms with van der Waals surface area (Å²) >= 11 is 0. The van der Waals surface area contributed by atoms with Gasteiger partial charge in [-0.2, -0.15) is 5.26 Å². The summed E-state index contributed by atoms with van der Waals surface area (Å²) in [5.41, 5.74) is 1.93. The first-order valence-corrected chi connectivity index (χ1v) is 10.3. The lowest BCUT2D eigenvalue weighted by atomic mass is 9.93. The summed E-state index contributed by atoms with van der Waals surface area (Å²) < 4.78 is 17.4. The second-order valence-corrected chi connectivity index (χ2v) is 9.05. The average Bonchev–Trinajstić information content (AvgIpc) is 3.19. The molecule has 2 unspecified atom stereocenters. The van der Waals surface area contributed by atoms with Gasteiger partial charge in [-0.1, -0.05) is 32.9 Å². The summed E-state index contributed by atoms with van der Waals surface area (Å²) in [5.74, 6) is -0.544. The monoisotopic (exact) mass is 436 g/mol. The van der Waals surface area contributed by atoms with Crippen LogP contribution in [0.2, 0.25) is 0 Å².